The van der Waals surface area contributed by atoms with Gasteiger partial charge >= 0.3 is 0 Å². The quantitative estimate of drug-likeness (QED) is 0.391. The summed E-state index contributed by atoms with van der Waals surface area (Å²) in [5.41, 5.74) is 2.42. The molecule has 0 atom stereocenters. The smallest absolute Gasteiger partial charge is 0.275 e. The second-order valence-corrected chi connectivity index (χ2v) is 7.54. The minimum Gasteiger partial charge on any atom is -0.497 e. The molecule has 1 amide bonds. The molecule has 0 aliphatic carbocycles. The molecule has 0 saturated heterocycles. The van der Waals surface area contributed by atoms with Crippen LogP contribution in [0.5, 0.6) is 11.5 Å². The van der Waals surface area contributed by atoms with Crippen molar-refractivity contribution >= 4 is 5.91 Å². The van der Waals surface area contributed by atoms with Gasteiger partial charge in [0.2, 0.25) is 0 Å². The maximum absolute atomic E-state index is 13.3. The van der Waals surface area contributed by atoms with Gasteiger partial charge in [-0.1, -0.05) is 24.3 Å². The molecule has 0 bridgehead atoms. The Hall–Kier alpha value is -4.20. The number of nitrogens with one attached hydrogen (secondary N) is 1. The van der Waals surface area contributed by atoms with Crippen molar-refractivity contribution in [3.8, 4) is 17.2 Å². The van der Waals surface area contributed by atoms with Gasteiger partial charge in [0.1, 0.15) is 24.0 Å². The molecular weight excluding hydrogens is 440 g/mol. The zero-order valence-corrected chi connectivity index (χ0v) is 18.5. The number of carbonyl (C=O) groups excluding carboxylic acids is 1. The fourth-order valence-electron chi connectivity index (χ4n) is 3.32. The number of amides is 1. The number of aromatic nitrogens is 2. The number of halogens is 2. The van der Waals surface area contributed by atoms with E-state index < -0.39 is 5.91 Å². The fraction of sp³-hybridized carbons (Fsp3) is 0.154. The average molecular weight is 463 g/mol. The standard InChI is InChI=1S/C26H23F2N3O3/c1-33-23-4-2-3-18(15-23)13-14-29-26(32)25-24(34-17-19-5-7-20(27)8-6-19)16-31(30-25)22-11-9-21(28)10-12-22/h2-12,15-16H,13-14,17H2,1H3,(H,29,32). The molecule has 8 heteroatoms. The van der Waals surface area contributed by atoms with Gasteiger partial charge in [0.05, 0.1) is 19.0 Å². The zero-order chi connectivity index (χ0) is 23.9. The van der Waals surface area contributed by atoms with Crippen LogP contribution in [-0.2, 0) is 13.0 Å². The Morgan fingerprint density at radius 2 is 1.68 bits per heavy atom. The maximum Gasteiger partial charge on any atom is 0.275 e. The van der Waals surface area contributed by atoms with E-state index in [1.165, 1.54) is 28.9 Å². The van der Waals surface area contributed by atoms with Gasteiger partial charge in [-0.3, -0.25) is 4.79 Å². The number of nitrogens with zero attached hydrogens (tertiary/aromatic N) is 2. The largest absolute Gasteiger partial charge is 0.497 e. The zero-order valence-electron chi connectivity index (χ0n) is 18.5. The second-order valence-electron chi connectivity index (χ2n) is 7.54. The first-order valence-corrected chi connectivity index (χ1v) is 10.7. The summed E-state index contributed by atoms with van der Waals surface area (Å²) in [6, 6.07) is 19.2. The molecule has 4 aromatic rings. The molecule has 0 spiro atoms. The van der Waals surface area contributed by atoms with E-state index in [9.17, 15) is 13.6 Å². The SMILES string of the molecule is COc1cccc(CCNC(=O)c2nn(-c3ccc(F)cc3)cc2OCc2ccc(F)cc2)c1. The minimum absolute atomic E-state index is 0.0945. The lowest BCUT2D eigenvalue weighted by Gasteiger charge is -2.08. The number of hydrogen-bond donors (Lipinski definition) is 1. The van der Waals surface area contributed by atoms with Crippen molar-refractivity contribution in [2.24, 2.45) is 0 Å². The topological polar surface area (TPSA) is 65.4 Å². The van der Waals surface area contributed by atoms with Gasteiger partial charge in [0, 0.05) is 6.54 Å². The number of hydrogen-bond acceptors (Lipinski definition) is 4. The highest BCUT2D eigenvalue weighted by atomic mass is 19.1. The lowest BCUT2D eigenvalue weighted by molar-refractivity contribution is 0.0944. The van der Waals surface area contributed by atoms with E-state index in [-0.39, 0.29) is 29.7 Å². The van der Waals surface area contributed by atoms with Crippen LogP contribution in [-0.4, -0.2) is 29.3 Å². The molecule has 0 unspecified atom stereocenters. The molecule has 174 valence electrons. The number of ether oxygens (including phenoxy) is 2. The first-order chi connectivity index (χ1) is 16.5. The van der Waals surface area contributed by atoms with Crippen LogP contribution in [0.2, 0.25) is 0 Å². The molecule has 6 nitrogen and oxygen atoms in total. The van der Waals surface area contributed by atoms with Crippen LogP contribution in [0.3, 0.4) is 0 Å². The molecule has 0 radical (unpaired) electrons. The summed E-state index contributed by atoms with van der Waals surface area (Å²) in [6.07, 6.45) is 2.17. The molecule has 4 rings (SSSR count). The summed E-state index contributed by atoms with van der Waals surface area (Å²) >= 11 is 0. The van der Waals surface area contributed by atoms with Crippen molar-refractivity contribution in [1.82, 2.24) is 15.1 Å². The van der Waals surface area contributed by atoms with Gasteiger partial charge in [-0.25, -0.2) is 13.5 Å². The third kappa shape index (κ3) is 5.78. The Labute approximate surface area is 195 Å². The summed E-state index contributed by atoms with van der Waals surface area (Å²) < 4.78 is 39.0. The normalized spacial score (nSPS) is 10.7. The highest BCUT2D eigenvalue weighted by molar-refractivity contribution is 5.95. The first-order valence-electron chi connectivity index (χ1n) is 10.7. The van der Waals surface area contributed by atoms with Crippen molar-refractivity contribution < 1.29 is 23.0 Å². The maximum atomic E-state index is 13.3. The van der Waals surface area contributed by atoms with Crippen LogP contribution in [0, 0.1) is 11.6 Å². The van der Waals surface area contributed by atoms with Gasteiger partial charge in [0.15, 0.2) is 11.4 Å². The highest BCUT2D eigenvalue weighted by Gasteiger charge is 2.19. The summed E-state index contributed by atoms with van der Waals surface area (Å²) in [5.74, 6) is -0.119. The predicted octanol–water partition coefficient (Wildman–Crippen LogP) is 4.71. The van der Waals surface area contributed by atoms with Crippen LogP contribution in [0.1, 0.15) is 21.6 Å². The van der Waals surface area contributed by atoms with Crippen molar-refractivity contribution in [3.63, 3.8) is 0 Å². The Morgan fingerprint density at radius 1 is 0.971 bits per heavy atom. The van der Waals surface area contributed by atoms with Crippen molar-refractivity contribution in [3.05, 3.63) is 107 Å². The third-order valence-electron chi connectivity index (χ3n) is 5.13. The van der Waals surface area contributed by atoms with Crippen molar-refractivity contribution in [2.45, 2.75) is 13.0 Å². The van der Waals surface area contributed by atoms with E-state index in [0.29, 0.717) is 18.7 Å². The molecular formula is C26H23F2N3O3. The molecule has 1 aromatic heterocycles. The molecule has 0 aliphatic heterocycles. The molecule has 1 N–H and O–H groups in total. The number of carbonyl (C=O) groups is 1. The summed E-state index contributed by atoms with van der Waals surface area (Å²) in [4.78, 5) is 12.9. The van der Waals surface area contributed by atoms with E-state index in [1.54, 1.807) is 37.6 Å². The first kappa shape index (κ1) is 23.0. The van der Waals surface area contributed by atoms with Crippen LogP contribution in [0.25, 0.3) is 5.69 Å². The Bertz CT molecular complexity index is 1260. The van der Waals surface area contributed by atoms with E-state index in [0.717, 1.165) is 16.9 Å². The average Bonchev–Trinajstić information content (AvgIpc) is 3.28. The second kappa shape index (κ2) is 10.6. The molecule has 34 heavy (non-hydrogen) atoms. The highest BCUT2D eigenvalue weighted by Crippen LogP contribution is 2.22. The van der Waals surface area contributed by atoms with Crippen molar-refractivity contribution in [1.29, 1.82) is 0 Å². The Balaban J connectivity index is 1.50. The molecule has 0 aliphatic rings. The van der Waals surface area contributed by atoms with Gasteiger partial charge in [-0.15, -0.1) is 0 Å². The van der Waals surface area contributed by atoms with Crippen LogP contribution in [0.15, 0.2) is 79.0 Å². The Morgan fingerprint density at radius 3 is 2.38 bits per heavy atom. The van der Waals surface area contributed by atoms with Gasteiger partial charge in [-0.05, 0) is 66.1 Å². The summed E-state index contributed by atoms with van der Waals surface area (Å²) in [7, 11) is 1.60. The molecule has 1 heterocycles. The third-order valence-corrected chi connectivity index (χ3v) is 5.13. The molecule has 0 fully saturated rings. The van der Waals surface area contributed by atoms with Crippen LogP contribution < -0.4 is 14.8 Å². The van der Waals surface area contributed by atoms with Crippen molar-refractivity contribution in [2.75, 3.05) is 13.7 Å². The molecule has 3 aromatic carbocycles. The summed E-state index contributed by atoms with van der Waals surface area (Å²) in [6.45, 7) is 0.506. The fourth-order valence-corrected chi connectivity index (χ4v) is 3.32. The van der Waals surface area contributed by atoms with E-state index in [1.807, 2.05) is 24.3 Å². The van der Waals surface area contributed by atoms with Crippen LogP contribution >= 0.6 is 0 Å². The number of rotatable bonds is 9. The van der Waals surface area contributed by atoms with E-state index in [2.05, 4.69) is 10.4 Å². The van der Waals surface area contributed by atoms with E-state index in [4.69, 9.17) is 9.47 Å². The molecule has 0 saturated carbocycles. The lowest BCUT2D eigenvalue weighted by Crippen LogP contribution is -2.26. The summed E-state index contributed by atoms with van der Waals surface area (Å²) in [5, 5.41) is 7.23. The monoisotopic (exact) mass is 463 g/mol. The van der Waals surface area contributed by atoms with Gasteiger partial charge in [-0.2, -0.15) is 5.10 Å². The van der Waals surface area contributed by atoms with Gasteiger partial charge in [0.25, 0.3) is 5.91 Å². The minimum atomic E-state index is -0.405. The number of benzene rings is 3. The Kier molecular flexibility index (Phi) is 7.17. The van der Waals surface area contributed by atoms with Gasteiger partial charge < -0.3 is 14.8 Å². The lowest BCUT2D eigenvalue weighted by atomic mass is 10.1. The number of methoxy groups -OCH3 is 1. The van der Waals surface area contributed by atoms with E-state index >= 15 is 0 Å². The van der Waals surface area contributed by atoms with Crippen LogP contribution in [0.4, 0.5) is 8.78 Å². The predicted molar refractivity (Wildman–Crippen MR) is 123 cm³/mol.